The van der Waals surface area contributed by atoms with Gasteiger partial charge in [-0.1, -0.05) is 6.07 Å². The molecule has 0 atom stereocenters. The van der Waals surface area contributed by atoms with Gasteiger partial charge in [-0.05, 0) is 31.5 Å². The molecule has 5 nitrogen and oxygen atoms in total. The van der Waals surface area contributed by atoms with E-state index in [0.29, 0.717) is 19.5 Å². The van der Waals surface area contributed by atoms with Gasteiger partial charge >= 0.3 is 0 Å². The molecule has 1 amide bonds. The van der Waals surface area contributed by atoms with E-state index in [4.69, 9.17) is 15.2 Å². The smallest absolute Gasteiger partial charge is 0.231 e. The van der Waals surface area contributed by atoms with Crippen molar-refractivity contribution in [2.24, 2.45) is 5.73 Å². The lowest BCUT2D eigenvalue weighted by Crippen LogP contribution is -2.37. The van der Waals surface area contributed by atoms with Gasteiger partial charge in [-0.25, -0.2) is 0 Å². The predicted octanol–water partition coefficient (Wildman–Crippen LogP) is 1.50. The van der Waals surface area contributed by atoms with Crippen molar-refractivity contribution >= 4 is 5.91 Å². The molecule has 1 heterocycles. The Hall–Kier alpha value is -1.75. The largest absolute Gasteiger partial charge is 0.454 e. The minimum atomic E-state index is 0.0789. The van der Waals surface area contributed by atoms with Gasteiger partial charge in [0.2, 0.25) is 12.7 Å². The third-order valence-electron chi connectivity index (χ3n) is 3.09. The molecule has 1 aliphatic heterocycles. The van der Waals surface area contributed by atoms with E-state index < -0.39 is 0 Å². The minimum absolute atomic E-state index is 0.0789. The average Bonchev–Trinajstić information content (AvgIpc) is 2.83. The summed E-state index contributed by atoms with van der Waals surface area (Å²) in [5.41, 5.74) is 6.48. The number of benzene rings is 1. The maximum Gasteiger partial charge on any atom is 0.231 e. The highest BCUT2D eigenvalue weighted by Gasteiger charge is 2.19. The molecular weight excluding hydrogens is 244 g/mol. The topological polar surface area (TPSA) is 64.8 Å². The van der Waals surface area contributed by atoms with E-state index >= 15 is 0 Å². The summed E-state index contributed by atoms with van der Waals surface area (Å²) in [6, 6.07) is 5.90. The van der Waals surface area contributed by atoms with Crippen molar-refractivity contribution in [2.75, 3.05) is 13.3 Å². The molecule has 0 fully saturated rings. The van der Waals surface area contributed by atoms with Crippen LogP contribution in [-0.4, -0.2) is 30.2 Å². The first kappa shape index (κ1) is 13.7. The highest BCUT2D eigenvalue weighted by atomic mass is 16.7. The van der Waals surface area contributed by atoms with Crippen LogP contribution in [-0.2, 0) is 11.3 Å². The van der Waals surface area contributed by atoms with Gasteiger partial charge < -0.3 is 20.1 Å². The summed E-state index contributed by atoms with van der Waals surface area (Å²) in [7, 11) is 0. The zero-order valence-corrected chi connectivity index (χ0v) is 11.4. The number of nitrogens with two attached hydrogens (primary N) is 1. The van der Waals surface area contributed by atoms with Crippen molar-refractivity contribution in [3.8, 4) is 11.5 Å². The number of amides is 1. The summed E-state index contributed by atoms with van der Waals surface area (Å²) in [4.78, 5) is 13.8. The summed E-state index contributed by atoms with van der Waals surface area (Å²) < 4.78 is 10.6. The van der Waals surface area contributed by atoms with Crippen molar-refractivity contribution < 1.29 is 14.3 Å². The lowest BCUT2D eigenvalue weighted by atomic mass is 10.1. The van der Waals surface area contributed by atoms with E-state index in [1.807, 2.05) is 36.9 Å². The summed E-state index contributed by atoms with van der Waals surface area (Å²) in [5.74, 6) is 1.58. The molecule has 104 valence electrons. The number of hydrogen-bond donors (Lipinski definition) is 1. The van der Waals surface area contributed by atoms with Gasteiger partial charge in [0.1, 0.15) is 0 Å². The Bertz CT molecular complexity index is 460. The van der Waals surface area contributed by atoms with Crippen LogP contribution in [0.15, 0.2) is 18.2 Å². The molecule has 0 unspecified atom stereocenters. The monoisotopic (exact) mass is 264 g/mol. The number of nitrogens with zero attached hydrogens (tertiary/aromatic N) is 1. The lowest BCUT2D eigenvalue weighted by Gasteiger charge is -2.27. The zero-order valence-electron chi connectivity index (χ0n) is 11.4. The van der Waals surface area contributed by atoms with Crippen molar-refractivity contribution in [1.29, 1.82) is 0 Å². The van der Waals surface area contributed by atoms with Gasteiger partial charge in [-0.2, -0.15) is 0 Å². The van der Waals surface area contributed by atoms with E-state index in [2.05, 4.69) is 0 Å². The molecule has 2 N–H and O–H groups in total. The SMILES string of the molecule is CC(C)N(Cc1ccc2c(c1)OCO2)C(=O)CCN. The summed E-state index contributed by atoms with van der Waals surface area (Å²) >= 11 is 0. The van der Waals surface area contributed by atoms with Crippen LogP contribution < -0.4 is 15.2 Å². The fourth-order valence-electron chi connectivity index (χ4n) is 2.06. The second-order valence-electron chi connectivity index (χ2n) is 4.84. The summed E-state index contributed by atoms with van der Waals surface area (Å²) in [5, 5.41) is 0. The molecule has 0 aliphatic carbocycles. The first-order chi connectivity index (χ1) is 9.11. The molecule has 2 rings (SSSR count). The van der Waals surface area contributed by atoms with Crippen LogP contribution in [0.4, 0.5) is 0 Å². The van der Waals surface area contributed by atoms with Crippen LogP contribution in [0, 0.1) is 0 Å². The van der Waals surface area contributed by atoms with E-state index in [1.54, 1.807) is 0 Å². The van der Waals surface area contributed by atoms with Gasteiger partial charge in [-0.3, -0.25) is 4.79 Å². The third kappa shape index (κ3) is 3.17. The van der Waals surface area contributed by atoms with Crippen molar-refractivity contribution in [3.05, 3.63) is 23.8 Å². The van der Waals surface area contributed by atoms with Crippen LogP contribution in [0.3, 0.4) is 0 Å². The predicted molar refractivity (Wildman–Crippen MR) is 71.9 cm³/mol. The minimum Gasteiger partial charge on any atom is -0.454 e. The number of hydrogen-bond acceptors (Lipinski definition) is 4. The Labute approximate surface area is 113 Å². The van der Waals surface area contributed by atoms with Crippen LogP contribution in [0.25, 0.3) is 0 Å². The van der Waals surface area contributed by atoms with Gasteiger partial charge in [0.05, 0.1) is 0 Å². The fourth-order valence-corrected chi connectivity index (χ4v) is 2.06. The van der Waals surface area contributed by atoms with E-state index in [9.17, 15) is 4.79 Å². The Balaban J connectivity index is 2.11. The molecule has 19 heavy (non-hydrogen) atoms. The molecule has 0 bridgehead atoms. The van der Waals surface area contributed by atoms with E-state index in [1.165, 1.54) is 0 Å². The summed E-state index contributed by atoms with van der Waals surface area (Å²) in [6.45, 7) is 5.21. The third-order valence-corrected chi connectivity index (χ3v) is 3.09. The van der Waals surface area contributed by atoms with Crippen molar-refractivity contribution in [2.45, 2.75) is 32.9 Å². The van der Waals surface area contributed by atoms with Gasteiger partial charge in [0, 0.05) is 25.6 Å². The Morgan fingerprint density at radius 2 is 2.11 bits per heavy atom. The van der Waals surface area contributed by atoms with Gasteiger partial charge in [-0.15, -0.1) is 0 Å². The van der Waals surface area contributed by atoms with E-state index in [-0.39, 0.29) is 18.7 Å². The molecule has 0 spiro atoms. The molecule has 0 saturated carbocycles. The number of carbonyl (C=O) groups excluding carboxylic acids is 1. The lowest BCUT2D eigenvalue weighted by molar-refractivity contribution is -0.133. The number of carbonyl (C=O) groups is 1. The summed E-state index contributed by atoms with van der Waals surface area (Å²) in [6.07, 6.45) is 0.378. The number of rotatable bonds is 5. The molecule has 1 aliphatic rings. The maximum absolute atomic E-state index is 12.0. The molecular formula is C14H20N2O3. The highest BCUT2D eigenvalue weighted by Crippen LogP contribution is 2.32. The average molecular weight is 264 g/mol. The first-order valence-electron chi connectivity index (χ1n) is 6.50. The highest BCUT2D eigenvalue weighted by molar-refractivity contribution is 5.76. The number of ether oxygens (including phenoxy) is 2. The van der Waals surface area contributed by atoms with Gasteiger partial charge in [0.15, 0.2) is 11.5 Å². The Kier molecular flexibility index (Phi) is 4.27. The quantitative estimate of drug-likeness (QED) is 0.875. The Morgan fingerprint density at radius 1 is 1.37 bits per heavy atom. The normalized spacial score (nSPS) is 12.8. The zero-order chi connectivity index (χ0) is 13.8. The van der Waals surface area contributed by atoms with Crippen LogP contribution in [0.2, 0.25) is 0 Å². The second-order valence-corrected chi connectivity index (χ2v) is 4.84. The molecule has 1 aromatic carbocycles. The van der Waals surface area contributed by atoms with Crippen molar-refractivity contribution in [1.82, 2.24) is 4.90 Å². The molecule has 1 aromatic rings. The fraction of sp³-hybridized carbons (Fsp3) is 0.500. The second kappa shape index (κ2) is 5.93. The van der Waals surface area contributed by atoms with Crippen LogP contribution >= 0.6 is 0 Å². The first-order valence-corrected chi connectivity index (χ1v) is 6.50. The van der Waals surface area contributed by atoms with E-state index in [0.717, 1.165) is 17.1 Å². The van der Waals surface area contributed by atoms with Crippen LogP contribution in [0.1, 0.15) is 25.8 Å². The molecule has 0 aromatic heterocycles. The van der Waals surface area contributed by atoms with Gasteiger partial charge in [0.25, 0.3) is 0 Å². The van der Waals surface area contributed by atoms with Crippen molar-refractivity contribution in [3.63, 3.8) is 0 Å². The number of fused-ring (bicyclic) bond motifs is 1. The Morgan fingerprint density at radius 3 is 2.79 bits per heavy atom. The molecule has 5 heteroatoms. The van der Waals surface area contributed by atoms with Crippen LogP contribution in [0.5, 0.6) is 11.5 Å². The molecule has 0 radical (unpaired) electrons. The maximum atomic E-state index is 12.0. The standard InChI is InChI=1S/C14H20N2O3/c1-10(2)16(14(17)5-6-15)8-11-3-4-12-13(7-11)19-9-18-12/h3-4,7,10H,5-6,8-9,15H2,1-2H3. The molecule has 0 saturated heterocycles.